The lowest BCUT2D eigenvalue weighted by Crippen LogP contribution is -2.67. The number of carbonyl (C=O) groups is 3. The molecule has 0 aromatic carbocycles. The Morgan fingerprint density at radius 1 is 1.05 bits per heavy atom. The van der Waals surface area contributed by atoms with Gasteiger partial charge in [-0.3, -0.25) is 0 Å². The van der Waals surface area contributed by atoms with Crippen LogP contribution in [-0.4, -0.2) is 84.6 Å². The first-order chi connectivity index (χ1) is 17.7. The summed E-state index contributed by atoms with van der Waals surface area (Å²) in [4.78, 5) is 37.6. The predicted molar refractivity (Wildman–Crippen MR) is 127 cm³/mol. The third-order valence-electron chi connectivity index (χ3n) is 9.20. The molecule has 8 atom stereocenters. The van der Waals surface area contributed by atoms with Crippen molar-refractivity contribution in [2.75, 3.05) is 26.4 Å². The maximum absolute atomic E-state index is 13.0. The van der Waals surface area contributed by atoms with Crippen LogP contribution in [0.25, 0.3) is 0 Å². The Kier molecular flexibility index (Phi) is 6.81. The molecule has 0 aromatic heterocycles. The summed E-state index contributed by atoms with van der Waals surface area (Å²) in [6, 6.07) is 0. The zero-order valence-corrected chi connectivity index (χ0v) is 21.1. The van der Waals surface area contributed by atoms with Crippen LogP contribution in [0.4, 0.5) is 0 Å². The fourth-order valence-electron chi connectivity index (χ4n) is 6.70. The molecule has 10 nitrogen and oxygen atoms in total. The van der Waals surface area contributed by atoms with Crippen molar-refractivity contribution in [1.29, 1.82) is 0 Å². The van der Waals surface area contributed by atoms with E-state index >= 15 is 0 Å². The number of esters is 3. The third kappa shape index (κ3) is 4.14. The minimum Gasteiger partial charge on any atom is -0.463 e. The highest BCUT2D eigenvalue weighted by Gasteiger charge is 2.83. The number of hydrogen-bond donors (Lipinski definition) is 2. The van der Waals surface area contributed by atoms with Gasteiger partial charge in [-0.25, -0.2) is 14.4 Å². The maximum atomic E-state index is 13.0. The van der Waals surface area contributed by atoms with Gasteiger partial charge in [-0.15, -0.1) is 0 Å². The highest BCUT2D eigenvalue weighted by atomic mass is 16.6. The molecule has 2 N–H and O–H groups in total. The quantitative estimate of drug-likeness (QED) is 0.225. The van der Waals surface area contributed by atoms with Gasteiger partial charge in [0.25, 0.3) is 0 Å². The number of cyclic esters (lactones) is 2. The summed E-state index contributed by atoms with van der Waals surface area (Å²) in [5, 5.41) is 20.4. The molecule has 10 heteroatoms. The van der Waals surface area contributed by atoms with Crippen molar-refractivity contribution in [1.82, 2.24) is 0 Å². The molecule has 3 aliphatic heterocycles. The molecule has 0 unspecified atom stereocenters. The first kappa shape index (κ1) is 26.1. The largest absolute Gasteiger partial charge is 0.463 e. The minimum absolute atomic E-state index is 0.00994. The maximum Gasteiger partial charge on any atom is 0.335 e. The summed E-state index contributed by atoms with van der Waals surface area (Å²) in [7, 11) is 0. The monoisotopic (exact) mass is 518 g/mol. The van der Waals surface area contributed by atoms with Gasteiger partial charge in [0.1, 0.15) is 18.3 Å². The summed E-state index contributed by atoms with van der Waals surface area (Å²) >= 11 is 0. The SMILES string of the molecule is C[C@@H]1CCOC(=O)/C=C\C=C/C(=O)O[C@@H]2C[C@H]3O[C@@H]4C=C(CO)CC[C@]4(COC(=O)[C@H]1O)[C@]2(C)[C@@]31CO1. The normalized spacial score (nSPS) is 45.9. The first-order valence-electron chi connectivity index (χ1n) is 12.8. The molecule has 3 fully saturated rings. The van der Waals surface area contributed by atoms with Gasteiger partial charge in [-0.05, 0) is 30.8 Å². The fourth-order valence-corrected chi connectivity index (χ4v) is 6.70. The Balaban J connectivity index is 1.53. The van der Waals surface area contributed by atoms with E-state index in [0.717, 1.165) is 5.57 Å². The van der Waals surface area contributed by atoms with Crippen LogP contribution in [0.3, 0.4) is 0 Å². The summed E-state index contributed by atoms with van der Waals surface area (Å²) in [5.41, 5.74) is -1.44. The summed E-state index contributed by atoms with van der Waals surface area (Å²) < 4.78 is 29.4. The standard InChI is InChI=1S/C27H34O10/c1-16-8-10-33-21(29)5-3-4-6-22(30)37-18-12-20-27(15-35-27)25(18,2)26(14-34-24(32)23(16)31)9-7-17(13-28)11-19(26)36-20/h3-6,11,16,18-20,23,28,31H,7-10,12-15H2,1-2H3/b5-3-,6-4-/t16-,18-,19-,20-,23+,25-,26-,27-/m1/s1. The van der Waals surface area contributed by atoms with Crippen LogP contribution < -0.4 is 0 Å². The van der Waals surface area contributed by atoms with E-state index in [1.54, 1.807) is 6.92 Å². The fraction of sp³-hybridized carbons (Fsp3) is 0.667. The van der Waals surface area contributed by atoms with Gasteiger partial charge in [0.15, 0.2) is 6.10 Å². The second-order valence-electron chi connectivity index (χ2n) is 10.9. The smallest absolute Gasteiger partial charge is 0.335 e. The highest BCUT2D eigenvalue weighted by molar-refractivity contribution is 5.84. The van der Waals surface area contributed by atoms with Crippen molar-refractivity contribution >= 4 is 17.9 Å². The van der Waals surface area contributed by atoms with E-state index in [1.807, 2.05) is 13.0 Å². The second-order valence-corrected chi connectivity index (χ2v) is 10.9. The molecule has 2 saturated heterocycles. The Morgan fingerprint density at radius 2 is 1.78 bits per heavy atom. The summed E-state index contributed by atoms with van der Waals surface area (Å²) in [6.45, 7) is 3.96. The molecule has 202 valence electrons. The van der Waals surface area contributed by atoms with Gasteiger partial charge >= 0.3 is 17.9 Å². The molecule has 37 heavy (non-hydrogen) atoms. The minimum atomic E-state index is -1.41. The Bertz CT molecular complexity index is 1040. The topological polar surface area (TPSA) is 141 Å². The van der Waals surface area contributed by atoms with Gasteiger partial charge in [0, 0.05) is 24.0 Å². The van der Waals surface area contributed by atoms with Crippen molar-refractivity contribution < 1.29 is 48.3 Å². The molecule has 0 radical (unpaired) electrons. The zero-order valence-electron chi connectivity index (χ0n) is 21.1. The Hall–Kier alpha value is -2.53. The van der Waals surface area contributed by atoms with Crippen LogP contribution in [0.2, 0.25) is 0 Å². The van der Waals surface area contributed by atoms with E-state index in [9.17, 15) is 24.6 Å². The first-order valence-corrected chi connectivity index (χ1v) is 12.8. The van der Waals surface area contributed by atoms with E-state index in [4.69, 9.17) is 23.7 Å². The van der Waals surface area contributed by atoms with Crippen molar-refractivity contribution in [3.63, 3.8) is 0 Å². The number of rotatable bonds is 1. The average molecular weight is 519 g/mol. The Labute approximate surface area is 215 Å². The van der Waals surface area contributed by atoms with Crippen LogP contribution in [-0.2, 0) is 38.1 Å². The van der Waals surface area contributed by atoms with Crippen LogP contribution in [0, 0.1) is 16.7 Å². The van der Waals surface area contributed by atoms with Crippen molar-refractivity contribution in [2.45, 2.75) is 69.5 Å². The molecule has 2 spiro atoms. The number of ether oxygens (including phenoxy) is 5. The average Bonchev–Trinajstić information content (AvgIpc) is 3.66. The molecular weight excluding hydrogens is 484 g/mol. The highest BCUT2D eigenvalue weighted by Crippen LogP contribution is 2.72. The predicted octanol–water partition coefficient (Wildman–Crippen LogP) is 1.14. The Morgan fingerprint density at radius 3 is 2.49 bits per heavy atom. The molecule has 0 aromatic rings. The molecule has 2 bridgehead atoms. The van der Waals surface area contributed by atoms with E-state index in [-0.39, 0.29) is 32.3 Å². The summed E-state index contributed by atoms with van der Waals surface area (Å²) in [6.07, 6.45) is 6.03. The van der Waals surface area contributed by atoms with Crippen LogP contribution >= 0.6 is 0 Å². The van der Waals surface area contributed by atoms with Gasteiger partial charge in [0.05, 0.1) is 37.4 Å². The molecule has 2 aliphatic carbocycles. The third-order valence-corrected chi connectivity index (χ3v) is 9.20. The van der Waals surface area contributed by atoms with E-state index in [2.05, 4.69) is 0 Å². The van der Waals surface area contributed by atoms with Crippen LogP contribution in [0.1, 0.15) is 39.5 Å². The van der Waals surface area contributed by atoms with E-state index < -0.39 is 58.6 Å². The number of allylic oxidation sites excluding steroid dienone is 2. The molecular formula is C27H34O10. The number of epoxide rings is 1. The molecule has 0 amide bonds. The van der Waals surface area contributed by atoms with Crippen molar-refractivity contribution in [3.05, 3.63) is 36.0 Å². The molecule has 5 rings (SSSR count). The zero-order chi connectivity index (χ0) is 26.4. The molecule has 1 saturated carbocycles. The second kappa shape index (κ2) is 9.65. The van der Waals surface area contributed by atoms with E-state index in [1.165, 1.54) is 24.3 Å². The lowest BCUT2D eigenvalue weighted by Gasteiger charge is -2.58. The lowest BCUT2D eigenvalue weighted by atomic mass is 9.51. The van der Waals surface area contributed by atoms with Crippen LogP contribution in [0.5, 0.6) is 0 Å². The van der Waals surface area contributed by atoms with Gasteiger partial charge in [0.2, 0.25) is 0 Å². The van der Waals surface area contributed by atoms with Crippen molar-refractivity contribution in [3.8, 4) is 0 Å². The van der Waals surface area contributed by atoms with Gasteiger partial charge in [-0.2, -0.15) is 0 Å². The number of hydrogen-bond acceptors (Lipinski definition) is 10. The number of aliphatic hydroxyl groups excluding tert-OH is 2. The van der Waals surface area contributed by atoms with Gasteiger partial charge < -0.3 is 33.9 Å². The number of carbonyl (C=O) groups excluding carboxylic acids is 3. The lowest BCUT2D eigenvalue weighted by molar-refractivity contribution is -0.235. The van der Waals surface area contributed by atoms with Gasteiger partial charge in [-0.1, -0.05) is 32.1 Å². The van der Waals surface area contributed by atoms with E-state index in [0.29, 0.717) is 25.9 Å². The summed E-state index contributed by atoms with van der Waals surface area (Å²) in [5.74, 6) is -2.48. The number of aliphatic hydroxyl groups is 2. The van der Waals surface area contributed by atoms with Crippen molar-refractivity contribution in [2.24, 2.45) is 16.7 Å². The molecule has 5 aliphatic rings. The van der Waals surface area contributed by atoms with Crippen LogP contribution in [0.15, 0.2) is 36.0 Å². The molecule has 3 heterocycles.